The summed E-state index contributed by atoms with van der Waals surface area (Å²) in [6, 6.07) is 5.01. The largest absolute Gasteiger partial charge is 0.416 e. The minimum atomic E-state index is -4.37. The van der Waals surface area contributed by atoms with E-state index < -0.39 is 11.7 Å². The third-order valence-corrected chi connectivity index (χ3v) is 2.76. The summed E-state index contributed by atoms with van der Waals surface area (Å²) >= 11 is 5.02. The molecule has 2 aromatic rings. The fourth-order valence-corrected chi connectivity index (χ4v) is 1.91. The van der Waals surface area contributed by atoms with E-state index in [0.29, 0.717) is 17.9 Å². The fourth-order valence-electron chi connectivity index (χ4n) is 1.65. The predicted molar refractivity (Wildman–Crippen MR) is 63.1 cm³/mol. The number of halogens is 3. The van der Waals surface area contributed by atoms with Crippen molar-refractivity contribution in [2.75, 3.05) is 0 Å². The van der Waals surface area contributed by atoms with Crippen molar-refractivity contribution >= 4 is 12.2 Å². The first-order chi connectivity index (χ1) is 8.43. The van der Waals surface area contributed by atoms with Crippen LogP contribution in [0.15, 0.2) is 24.3 Å². The molecule has 96 valence electrons. The Labute approximate surface area is 106 Å². The van der Waals surface area contributed by atoms with Gasteiger partial charge in [-0.3, -0.25) is 9.67 Å². The van der Waals surface area contributed by atoms with Crippen molar-refractivity contribution in [2.45, 2.75) is 19.5 Å². The highest BCUT2D eigenvalue weighted by atomic mass is 32.1. The maximum Gasteiger partial charge on any atom is 0.416 e. The molecular weight excluding hydrogens is 263 g/mol. The van der Waals surface area contributed by atoms with Crippen molar-refractivity contribution < 1.29 is 13.2 Å². The first kappa shape index (κ1) is 12.8. The van der Waals surface area contributed by atoms with Crippen LogP contribution in [0.25, 0.3) is 5.69 Å². The zero-order chi connectivity index (χ0) is 13.3. The quantitative estimate of drug-likeness (QED) is 0.849. The minimum absolute atomic E-state index is 0.283. The van der Waals surface area contributed by atoms with Crippen LogP contribution in [0.4, 0.5) is 13.2 Å². The lowest BCUT2D eigenvalue weighted by Crippen LogP contribution is -2.07. The maximum absolute atomic E-state index is 12.6. The number of nitrogens with zero attached hydrogens (tertiary/aromatic N) is 2. The van der Waals surface area contributed by atoms with E-state index in [0.717, 1.165) is 12.1 Å². The van der Waals surface area contributed by atoms with Gasteiger partial charge in [-0.2, -0.15) is 18.3 Å². The summed E-state index contributed by atoms with van der Waals surface area (Å²) in [6.45, 7) is 1.86. The molecule has 0 aliphatic carbocycles. The van der Waals surface area contributed by atoms with Gasteiger partial charge in [-0.15, -0.1) is 0 Å². The van der Waals surface area contributed by atoms with Gasteiger partial charge in [-0.1, -0.05) is 13.0 Å². The molecule has 0 bridgehead atoms. The Kier molecular flexibility index (Phi) is 3.25. The Hall–Kier alpha value is -1.63. The molecular formula is C11H10F3N3S. The van der Waals surface area contributed by atoms with Gasteiger partial charge in [0, 0.05) is 6.42 Å². The first-order valence-corrected chi connectivity index (χ1v) is 5.68. The van der Waals surface area contributed by atoms with Crippen LogP contribution >= 0.6 is 12.2 Å². The summed E-state index contributed by atoms with van der Waals surface area (Å²) in [5.74, 6) is 0.597. The van der Waals surface area contributed by atoms with E-state index in [1.165, 1.54) is 10.6 Å². The molecule has 1 aromatic carbocycles. The molecule has 0 amide bonds. The van der Waals surface area contributed by atoms with Crippen molar-refractivity contribution in [2.24, 2.45) is 0 Å². The lowest BCUT2D eigenvalue weighted by Gasteiger charge is -2.10. The number of aromatic amines is 1. The van der Waals surface area contributed by atoms with Crippen molar-refractivity contribution in [3.63, 3.8) is 0 Å². The highest BCUT2D eigenvalue weighted by Gasteiger charge is 2.30. The van der Waals surface area contributed by atoms with Crippen LogP contribution in [0.5, 0.6) is 0 Å². The smallest absolute Gasteiger partial charge is 0.272 e. The van der Waals surface area contributed by atoms with E-state index in [4.69, 9.17) is 12.2 Å². The van der Waals surface area contributed by atoms with Gasteiger partial charge in [0.25, 0.3) is 0 Å². The standard InChI is InChI=1S/C11H10F3N3S/c1-2-9-15-16-10(18)17(9)8-5-3-4-7(6-8)11(12,13)14/h3-6H,2H2,1H3,(H,16,18). The van der Waals surface area contributed by atoms with Crippen LogP contribution in [-0.4, -0.2) is 14.8 Å². The maximum atomic E-state index is 12.6. The second kappa shape index (κ2) is 4.56. The number of aromatic nitrogens is 3. The minimum Gasteiger partial charge on any atom is -0.272 e. The van der Waals surface area contributed by atoms with Gasteiger partial charge in [-0.05, 0) is 30.4 Å². The summed E-state index contributed by atoms with van der Waals surface area (Å²) in [7, 11) is 0. The molecule has 0 fully saturated rings. The molecule has 0 aliphatic heterocycles. The molecule has 1 aromatic heterocycles. The van der Waals surface area contributed by atoms with Gasteiger partial charge in [0.15, 0.2) is 4.77 Å². The van der Waals surface area contributed by atoms with Crippen LogP contribution in [0.2, 0.25) is 0 Å². The van der Waals surface area contributed by atoms with Gasteiger partial charge >= 0.3 is 6.18 Å². The van der Waals surface area contributed by atoms with Crippen LogP contribution in [-0.2, 0) is 12.6 Å². The molecule has 3 nitrogen and oxygen atoms in total. The van der Waals surface area contributed by atoms with E-state index in [9.17, 15) is 13.2 Å². The second-order valence-corrected chi connectivity index (χ2v) is 4.07. The Morgan fingerprint density at radius 1 is 1.39 bits per heavy atom. The molecule has 0 aliphatic rings. The van der Waals surface area contributed by atoms with E-state index in [1.807, 2.05) is 6.92 Å². The SMILES string of the molecule is CCc1n[nH]c(=S)n1-c1cccc(C(F)(F)F)c1. The molecule has 0 atom stereocenters. The summed E-state index contributed by atoms with van der Waals surface area (Å²) in [5, 5.41) is 6.55. The molecule has 0 saturated carbocycles. The van der Waals surface area contributed by atoms with Crippen molar-refractivity contribution in [1.82, 2.24) is 14.8 Å². The first-order valence-electron chi connectivity index (χ1n) is 5.27. The van der Waals surface area contributed by atoms with Gasteiger partial charge in [0.2, 0.25) is 0 Å². The van der Waals surface area contributed by atoms with Crippen molar-refractivity contribution in [3.8, 4) is 5.69 Å². The Balaban J connectivity index is 2.58. The van der Waals surface area contributed by atoms with Gasteiger partial charge in [0.1, 0.15) is 5.82 Å². The molecule has 0 saturated heterocycles. The molecule has 18 heavy (non-hydrogen) atoms. The number of benzene rings is 1. The molecule has 7 heteroatoms. The highest BCUT2D eigenvalue weighted by molar-refractivity contribution is 7.71. The molecule has 0 spiro atoms. The van der Waals surface area contributed by atoms with Gasteiger partial charge < -0.3 is 0 Å². The van der Waals surface area contributed by atoms with Crippen molar-refractivity contribution in [1.29, 1.82) is 0 Å². The Morgan fingerprint density at radius 3 is 2.72 bits per heavy atom. The third kappa shape index (κ3) is 2.31. The topological polar surface area (TPSA) is 33.6 Å². The van der Waals surface area contributed by atoms with Crippen LogP contribution in [0.1, 0.15) is 18.3 Å². The molecule has 0 radical (unpaired) electrons. The monoisotopic (exact) mass is 273 g/mol. The summed E-state index contributed by atoms with van der Waals surface area (Å²) in [5.41, 5.74) is -0.342. The van der Waals surface area contributed by atoms with Crippen LogP contribution in [0, 0.1) is 4.77 Å². The van der Waals surface area contributed by atoms with Gasteiger partial charge in [-0.25, -0.2) is 0 Å². The Bertz CT molecular complexity index is 612. The normalized spacial score (nSPS) is 11.8. The second-order valence-electron chi connectivity index (χ2n) is 3.68. The summed E-state index contributed by atoms with van der Waals surface area (Å²) in [6.07, 6.45) is -3.79. The number of nitrogens with one attached hydrogen (secondary N) is 1. The lowest BCUT2D eigenvalue weighted by molar-refractivity contribution is -0.137. The van der Waals surface area contributed by atoms with E-state index in [1.54, 1.807) is 6.07 Å². The summed E-state index contributed by atoms with van der Waals surface area (Å²) in [4.78, 5) is 0. The number of aryl methyl sites for hydroxylation is 1. The molecule has 2 rings (SSSR count). The van der Waals surface area contributed by atoms with Crippen molar-refractivity contribution in [3.05, 3.63) is 40.4 Å². The lowest BCUT2D eigenvalue weighted by atomic mass is 10.2. The molecule has 0 unspecified atom stereocenters. The van der Waals surface area contributed by atoms with Crippen LogP contribution in [0.3, 0.4) is 0 Å². The van der Waals surface area contributed by atoms with Gasteiger partial charge in [0.05, 0.1) is 11.3 Å². The molecule has 1 N–H and O–H groups in total. The highest BCUT2D eigenvalue weighted by Crippen LogP contribution is 2.30. The average Bonchev–Trinajstić information content (AvgIpc) is 2.69. The third-order valence-electron chi connectivity index (χ3n) is 2.49. The van der Waals surface area contributed by atoms with E-state index >= 15 is 0 Å². The zero-order valence-electron chi connectivity index (χ0n) is 9.45. The fraction of sp³-hybridized carbons (Fsp3) is 0.273. The van der Waals surface area contributed by atoms with E-state index in [-0.39, 0.29) is 4.77 Å². The average molecular weight is 273 g/mol. The number of H-pyrrole nitrogens is 1. The van der Waals surface area contributed by atoms with E-state index in [2.05, 4.69) is 10.2 Å². The van der Waals surface area contributed by atoms with Crippen LogP contribution < -0.4 is 0 Å². The number of alkyl halides is 3. The molecule has 1 heterocycles. The number of rotatable bonds is 2. The Morgan fingerprint density at radius 2 is 2.11 bits per heavy atom. The summed E-state index contributed by atoms with van der Waals surface area (Å²) < 4.78 is 39.7. The zero-order valence-corrected chi connectivity index (χ0v) is 10.3. The predicted octanol–water partition coefficient (Wildman–Crippen LogP) is 3.51. The number of hydrogen-bond donors (Lipinski definition) is 1. The number of hydrogen-bond acceptors (Lipinski definition) is 2.